The fraction of sp³-hybridized carbons (Fsp3) is 0.235. The van der Waals surface area contributed by atoms with E-state index in [-0.39, 0.29) is 5.78 Å². The zero-order chi connectivity index (χ0) is 14.7. The van der Waals surface area contributed by atoms with E-state index in [1.54, 1.807) is 12.1 Å². The van der Waals surface area contributed by atoms with Crippen LogP contribution in [-0.4, -0.2) is 5.78 Å². The van der Waals surface area contributed by atoms with E-state index in [2.05, 4.69) is 0 Å². The van der Waals surface area contributed by atoms with Crippen molar-refractivity contribution in [2.75, 3.05) is 0 Å². The molecule has 0 atom stereocenters. The van der Waals surface area contributed by atoms with Crippen LogP contribution in [0.25, 0.3) is 0 Å². The summed E-state index contributed by atoms with van der Waals surface area (Å²) in [7, 11) is 0. The Labute approximate surface area is 124 Å². The molecule has 0 radical (unpaired) electrons. The van der Waals surface area contributed by atoms with Crippen LogP contribution in [0, 0.1) is 13.8 Å². The number of Topliss-reactive ketones (excluding diaryl/α,β-unsaturated/α-hetero) is 1. The normalized spacial score (nSPS) is 10.4. The number of ketones is 1. The molecule has 20 heavy (non-hydrogen) atoms. The third kappa shape index (κ3) is 3.20. The second-order valence-electron chi connectivity index (χ2n) is 4.77. The van der Waals surface area contributed by atoms with Crippen molar-refractivity contribution in [3.05, 3.63) is 58.1 Å². The van der Waals surface area contributed by atoms with Crippen LogP contribution in [0.5, 0.6) is 11.5 Å². The summed E-state index contributed by atoms with van der Waals surface area (Å²) in [5, 5.41) is 0.765. The topological polar surface area (TPSA) is 26.3 Å². The van der Waals surface area contributed by atoms with Gasteiger partial charge in [-0.1, -0.05) is 18.5 Å². The maximum absolute atomic E-state index is 11.6. The molecule has 0 saturated carbocycles. The maximum Gasteiger partial charge on any atom is 0.162 e. The molecule has 0 aliphatic heterocycles. The molecule has 0 aromatic heterocycles. The van der Waals surface area contributed by atoms with Crippen LogP contribution < -0.4 is 4.74 Å². The highest BCUT2D eigenvalue weighted by Crippen LogP contribution is 2.29. The number of benzene rings is 2. The number of carbonyl (C=O) groups is 1. The van der Waals surface area contributed by atoms with Crippen LogP contribution in [0.15, 0.2) is 36.4 Å². The van der Waals surface area contributed by atoms with Gasteiger partial charge < -0.3 is 4.74 Å². The summed E-state index contributed by atoms with van der Waals surface area (Å²) in [5.74, 6) is 1.59. The average molecular weight is 289 g/mol. The quantitative estimate of drug-likeness (QED) is 0.710. The molecule has 0 aliphatic carbocycles. The Kier molecular flexibility index (Phi) is 4.46. The molecule has 0 N–H and O–H groups in total. The highest BCUT2D eigenvalue weighted by Gasteiger charge is 2.06. The van der Waals surface area contributed by atoms with E-state index >= 15 is 0 Å². The van der Waals surface area contributed by atoms with E-state index in [0.29, 0.717) is 17.7 Å². The molecule has 0 saturated heterocycles. The molecule has 0 aliphatic rings. The Morgan fingerprint density at radius 1 is 1.05 bits per heavy atom. The van der Waals surface area contributed by atoms with Crippen molar-refractivity contribution in [3.63, 3.8) is 0 Å². The van der Waals surface area contributed by atoms with Crippen LogP contribution in [0.3, 0.4) is 0 Å². The molecule has 0 amide bonds. The molecule has 0 unspecified atom stereocenters. The summed E-state index contributed by atoms with van der Waals surface area (Å²) in [4.78, 5) is 11.6. The number of ether oxygens (including phenoxy) is 1. The van der Waals surface area contributed by atoms with Crippen molar-refractivity contribution in [1.29, 1.82) is 0 Å². The van der Waals surface area contributed by atoms with Crippen LogP contribution >= 0.6 is 11.6 Å². The van der Waals surface area contributed by atoms with Crippen LogP contribution in [0.4, 0.5) is 0 Å². The zero-order valence-electron chi connectivity index (χ0n) is 11.9. The molecule has 2 rings (SSSR count). The summed E-state index contributed by atoms with van der Waals surface area (Å²) in [5.41, 5.74) is 2.68. The molecule has 104 valence electrons. The van der Waals surface area contributed by atoms with Crippen LogP contribution in [0.2, 0.25) is 5.02 Å². The fourth-order valence-electron chi connectivity index (χ4n) is 2.01. The third-order valence-corrected chi connectivity index (χ3v) is 3.74. The van der Waals surface area contributed by atoms with Crippen molar-refractivity contribution >= 4 is 17.4 Å². The van der Waals surface area contributed by atoms with Gasteiger partial charge in [-0.15, -0.1) is 0 Å². The highest BCUT2D eigenvalue weighted by atomic mass is 35.5. The monoisotopic (exact) mass is 288 g/mol. The lowest BCUT2D eigenvalue weighted by molar-refractivity contribution is 0.0988. The zero-order valence-corrected chi connectivity index (χ0v) is 12.6. The maximum atomic E-state index is 11.6. The number of carbonyl (C=O) groups excluding carboxylic acids is 1. The van der Waals surface area contributed by atoms with Gasteiger partial charge in [0, 0.05) is 17.0 Å². The first-order valence-corrected chi connectivity index (χ1v) is 6.97. The van der Waals surface area contributed by atoms with Crippen molar-refractivity contribution < 1.29 is 9.53 Å². The molecule has 2 aromatic rings. The van der Waals surface area contributed by atoms with Gasteiger partial charge in [-0.05, 0) is 61.4 Å². The first-order chi connectivity index (χ1) is 9.51. The van der Waals surface area contributed by atoms with Gasteiger partial charge in [-0.3, -0.25) is 4.79 Å². The minimum absolute atomic E-state index is 0.134. The van der Waals surface area contributed by atoms with Gasteiger partial charge in [-0.2, -0.15) is 0 Å². The minimum atomic E-state index is 0.134. The number of halogens is 1. The van der Waals surface area contributed by atoms with Gasteiger partial charge in [0.05, 0.1) is 0 Å². The fourth-order valence-corrected chi connectivity index (χ4v) is 2.12. The van der Waals surface area contributed by atoms with E-state index < -0.39 is 0 Å². The predicted molar refractivity (Wildman–Crippen MR) is 82.1 cm³/mol. The lowest BCUT2D eigenvalue weighted by Crippen LogP contribution is -1.96. The molecule has 2 nitrogen and oxygen atoms in total. The second kappa shape index (κ2) is 6.10. The number of hydrogen-bond donors (Lipinski definition) is 0. The summed E-state index contributed by atoms with van der Waals surface area (Å²) in [6, 6.07) is 11.0. The van der Waals surface area contributed by atoms with Gasteiger partial charge in [0.15, 0.2) is 5.78 Å². The van der Waals surface area contributed by atoms with Crippen molar-refractivity contribution in [2.24, 2.45) is 0 Å². The first kappa shape index (κ1) is 14.6. The number of rotatable bonds is 4. The smallest absolute Gasteiger partial charge is 0.162 e. The standard InChI is InChI=1S/C17H17ClO2/c1-4-16(19)13-5-7-14(8-6-13)20-15-9-11(2)17(18)12(3)10-15/h5-10H,4H2,1-3H3. The van der Waals surface area contributed by atoms with E-state index in [9.17, 15) is 4.79 Å². The molecule has 0 heterocycles. The van der Waals surface area contributed by atoms with E-state index in [0.717, 1.165) is 21.9 Å². The van der Waals surface area contributed by atoms with Gasteiger partial charge >= 0.3 is 0 Å². The molecular formula is C17H17ClO2. The van der Waals surface area contributed by atoms with Crippen LogP contribution in [-0.2, 0) is 0 Å². The Bertz CT molecular complexity index is 607. The average Bonchev–Trinajstić information content (AvgIpc) is 2.44. The van der Waals surface area contributed by atoms with Crippen molar-refractivity contribution in [3.8, 4) is 11.5 Å². The lowest BCUT2D eigenvalue weighted by Gasteiger charge is -2.10. The third-order valence-electron chi connectivity index (χ3n) is 3.14. The number of aryl methyl sites for hydroxylation is 2. The van der Waals surface area contributed by atoms with Gasteiger partial charge in [0.1, 0.15) is 11.5 Å². The summed E-state index contributed by atoms with van der Waals surface area (Å²) >= 11 is 6.13. The van der Waals surface area contributed by atoms with E-state index in [4.69, 9.17) is 16.3 Å². The Hall–Kier alpha value is -1.80. The molecule has 0 fully saturated rings. The Morgan fingerprint density at radius 2 is 1.60 bits per heavy atom. The first-order valence-electron chi connectivity index (χ1n) is 6.59. The predicted octanol–water partition coefficient (Wildman–Crippen LogP) is 5.34. The van der Waals surface area contributed by atoms with Crippen LogP contribution in [0.1, 0.15) is 34.8 Å². The van der Waals surface area contributed by atoms with Gasteiger partial charge in [0.2, 0.25) is 0 Å². The SMILES string of the molecule is CCC(=O)c1ccc(Oc2cc(C)c(Cl)c(C)c2)cc1. The molecule has 2 aromatic carbocycles. The summed E-state index contributed by atoms with van der Waals surface area (Å²) in [6.45, 7) is 5.75. The molecular weight excluding hydrogens is 272 g/mol. The minimum Gasteiger partial charge on any atom is -0.457 e. The van der Waals surface area contributed by atoms with Gasteiger partial charge in [-0.25, -0.2) is 0 Å². The van der Waals surface area contributed by atoms with Crippen molar-refractivity contribution in [2.45, 2.75) is 27.2 Å². The largest absolute Gasteiger partial charge is 0.457 e. The van der Waals surface area contributed by atoms with E-state index in [1.165, 1.54) is 0 Å². The Morgan fingerprint density at radius 3 is 2.10 bits per heavy atom. The summed E-state index contributed by atoms with van der Waals surface area (Å²) < 4.78 is 5.79. The Balaban J connectivity index is 2.20. The highest BCUT2D eigenvalue weighted by molar-refractivity contribution is 6.32. The van der Waals surface area contributed by atoms with Crippen molar-refractivity contribution in [1.82, 2.24) is 0 Å². The summed E-state index contributed by atoms with van der Waals surface area (Å²) in [6.07, 6.45) is 0.510. The number of hydrogen-bond acceptors (Lipinski definition) is 2. The second-order valence-corrected chi connectivity index (χ2v) is 5.15. The lowest BCUT2D eigenvalue weighted by atomic mass is 10.1. The molecule has 0 bridgehead atoms. The van der Waals surface area contributed by atoms with E-state index in [1.807, 2.05) is 45.0 Å². The molecule has 3 heteroatoms. The van der Waals surface area contributed by atoms with Gasteiger partial charge in [0.25, 0.3) is 0 Å². The molecule has 0 spiro atoms.